The Balaban J connectivity index is 1.76. The van der Waals surface area contributed by atoms with E-state index in [1.807, 2.05) is 19.9 Å². The second kappa shape index (κ2) is 5.69. The molecule has 3 nitrogen and oxygen atoms in total. The molecule has 2 rings (SSSR count). The van der Waals surface area contributed by atoms with Gasteiger partial charge in [0, 0.05) is 12.2 Å². The van der Waals surface area contributed by atoms with Crippen LogP contribution >= 0.6 is 0 Å². The lowest BCUT2D eigenvalue weighted by molar-refractivity contribution is 0.0943. The van der Waals surface area contributed by atoms with E-state index in [1.54, 1.807) is 0 Å². The van der Waals surface area contributed by atoms with Crippen LogP contribution in [0.3, 0.4) is 0 Å². The van der Waals surface area contributed by atoms with Crippen molar-refractivity contribution < 1.29 is 14.3 Å². The summed E-state index contributed by atoms with van der Waals surface area (Å²) in [6.07, 6.45) is 5.26. The normalized spacial score (nSPS) is 21.9. The van der Waals surface area contributed by atoms with Crippen LogP contribution in [0.2, 0.25) is 0 Å². The maximum atomic E-state index is 10.1. The zero-order valence-corrected chi connectivity index (χ0v) is 10.7. The van der Waals surface area contributed by atoms with Crippen molar-refractivity contribution in [1.82, 2.24) is 0 Å². The highest BCUT2D eigenvalue weighted by molar-refractivity contribution is 5.22. The summed E-state index contributed by atoms with van der Waals surface area (Å²) < 4.78 is 11.0. The van der Waals surface area contributed by atoms with E-state index in [0.29, 0.717) is 6.10 Å². The van der Waals surface area contributed by atoms with Crippen molar-refractivity contribution in [3.63, 3.8) is 0 Å². The summed E-state index contributed by atoms with van der Waals surface area (Å²) in [6, 6.07) is 1.94. The molecule has 1 saturated heterocycles. The van der Waals surface area contributed by atoms with Crippen molar-refractivity contribution in [2.75, 3.05) is 6.61 Å². The topological polar surface area (TPSA) is 42.6 Å². The molecule has 0 aromatic carbocycles. The van der Waals surface area contributed by atoms with Crippen molar-refractivity contribution in [3.8, 4) is 0 Å². The van der Waals surface area contributed by atoms with E-state index in [0.717, 1.165) is 43.0 Å². The second-order valence-corrected chi connectivity index (χ2v) is 4.95. The van der Waals surface area contributed by atoms with Gasteiger partial charge in [0.15, 0.2) is 0 Å². The average molecular weight is 238 g/mol. The largest absolute Gasteiger partial charge is 0.466 e. The fraction of sp³-hybridized carbons (Fsp3) is 0.714. The molecular weight excluding hydrogens is 216 g/mol. The molecule has 17 heavy (non-hydrogen) atoms. The molecule has 0 saturated carbocycles. The van der Waals surface area contributed by atoms with E-state index < -0.39 is 6.10 Å². The van der Waals surface area contributed by atoms with Gasteiger partial charge in [0.05, 0.1) is 12.2 Å². The van der Waals surface area contributed by atoms with E-state index in [2.05, 4.69) is 0 Å². The van der Waals surface area contributed by atoms with Crippen molar-refractivity contribution >= 4 is 0 Å². The van der Waals surface area contributed by atoms with Crippen molar-refractivity contribution in [2.45, 2.75) is 58.2 Å². The van der Waals surface area contributed by atoms with Crippen molar-refractivity contribution in [2.24, 2.45) is 0 Å². The van der Waals surface area contributed by atoms with Gasteiger partial charge >= 0.3 is 0 Å². The number of furan rings is 1. The van der Waals surface area contributed by atoms with E-state index in [9.17, 15) is 5.11 Å². The van der Waals surface area contributed by atoms with Crippen LogP contribution in [0.5, 0.6) is 0 Å². The Labute approximate surface area is 103 Å². The van der Waals surface area contributed by atoms with Crippen LogP contribution in [0.1, 0.15) is 55.3 Å². The smallest absolute Gasteiger partial charge is 0.106 e. The monoisotopic (exact) mass is 238 g/mol. The first-order valence-corrected chi connectivity index (χ1v) is 6.53. The van der Waals surface area contributed by atoms with Crippen molar-refractivity contribution in [3.05, 3.63) is 23.2 Å². The molecule has 0 bridgehead atoms. The molecule has 96 valence electrons. The zero-order valence-electron chi connectivity index (χ0n) is 10.7. The van der Waals surface area contributed by atoms with Crippen LogP contribution in [0, 0.1) is 13.8 Å². The van der Waals surface area contributed by atoms with E-state index in [4.69, 9.17) is 9.15 Å². The molecule has 1 aromatic heterocycles. The van der Waals surface area contributed by atoms with Crippen LogP contribution in [-0.2, 0) is 4.74 Å². The number of hydrogen-bond acceptors (Lipinski definition) is 3. The van der Waals surface area contributed by atoms with Crippen LogP contribution in [0.15, 0.2) is 10.5 Å². The Morgan fingerprint density at radius 2 is 2.29 bits per heavy atom. The van der Waals surface area contributed by atoms with E-state index in [1.165, 1.54) is 12.8 Å². The highest BCUT2D eigenvalue weighted by atomic mass is 16.5. The third-order valence-corrected chi connectivity index (χ3v) is 3.47. The number of hydrogen-bond donors (Lipinski definition) is 1. The Hall–Kier alpha value is -0.800. The number of aliphatic hydroxyl groups excluding tert-OH is 1. The molecule has 2 unspecified atom stereocenters. The SMILES string of the molecule is Cc1cc(C(O)CCCC2CCCO2)c(C)o1. The third-order valence-electron chi connectivity index (χ3n) is 3.47. The summed E-state index contributed by atoms with van der Waals surface area (Å²) in [5, 5.41) is 10.1. The molecule has 1 aromatic rings. The first-order chi connectivity index (χ1) is 8.16. The maximum Gasteiger partial charge on any atom is 0.106 e. The molecule has 1 N–H and O–H groups in total. The molecule has 0 aliphatic carbocycles. The highest BCUT2D eigenvalue weighted by Gasteiger charge is 2.18. The van der Waals surface area contributed by atoms with Crippen LogP contribution in [0.25, 0.3) is 0 Å². The summed E-state index contributed by atoms with van der Waals surface area (Å²) in [5.74, 6) is 1.71. The fourth-order valence-electron chi connectivity index (χ4n) is 2.55. The van der Waals surface area contributed by atoms with Crippen LogP contribution in [-0.4, -0.2) is 17.8 Å². The second-order valence-electron chi connectivity index (χ2n) is 4.95. The minimum absolute atomic E-state index is 0.395. The Morgan fingerprint density at radius 3 is 2.88 bits per heavy atom. The number of aliphatic hydroxyl groups is 1. The Kier molecular flexibility index (Phi) is 4.24. The first-order valence-electron chi connectivity index (χ1n) is 6.53. The minimum atomic E-state index is -0.395. The van der Waals surface area contributed by atoms with Gasteiger partial charge in [-0.2, -0.15) is 0 Å². The van der Waals surface area contributed by atoms with Gasteiger partial charge in [-0.15, -0.1) is 0 Å². The van der Waals surface area contributed by atoms with E-state index in [-0.39, 0.29) is 0 Å². The lowest BCUT2D eigenvalue weighted by Gasteiger charge is -2.12. The lowest BCUT2D eigenvalue weighted by atomic mass is 10.0. The summed E-state index contributed by atoms with van der Waals surface area (Å²) in [4.78, 5) is 0. The fourth-order valence-corrected chi connectivity index (χ4v) is 2.55. The van der Waals surface area contributed by atoms with Gasteiger partial charge in [0.1, 0.15) is 11.5 Å². The lowest BCUT2D eigenvalue weighted by Crippen LogP contribution is -2.06. The van der Waals surface area contributed by atoms with Gasteiger partial charge < -0.3 is 14.3 Å². The summed E-state index contributed by atoms with van der Waals surface area (Å²) in [5.41, 5.74) is 0.940. The number of rotatable bonds is 5. The molecule has 0 radical (unpaired) electrons. The van der Waals surface area contributed by atoms with Gasteiger partial charge in [0.2, 0.25) is 0 Å². The minimum Gasteiger partial charge on any atom is -0.466 e. The molecule has 1 aliphatic heterocycles. The predicted octanol–water partition coefficient (Wildman–Crippen LogP) is 3.28. The summed E-state index contributed by atoms with van der Waals surface area (Å²) in [7, 11) is 0. The zero-order chi connectivity index (χ0) is 12.3. The first kappa shape index (κ1) is 12.7. The molecule has 0 amide bonds. The third kappa shape index (κ3) is 3.33. The van der Waals surface area contributed by atoms with Gasteiger partial charge in [0.25, 0.3) is 0 Å². The molecule has 1 aliphatic rings. The van der Waals surface area contributed by atoms with E-state index >= 15 is 0 Å². The standard InChI is InChI=1S/C14H22O3/c1-10-9-13(11(2)17-10)14(15)7-3-5-12-6-4-8-16-12/h9,12,14-15H,3-8H2,1-2H3. The molecule has 1 fully saturated rings. The predicted molar refractivity (Wildman–Crippen MR) is 66.0 cm³/mol. The van der Waals surface area contributed by atoms with Crippen LogP contribution in [0.4, 0.5) is 0 Å². The van der Waals surface area contributed by atoms with Gasteiger partial charge in [-0.1, -0.05) is 0 Å². The molecule has 0 spiro atoms. The Morgan fingerprint density at radius 1 is 1.47 bits per heavy atom. The average Bonchev–Trinajstić information content (AvgIpc) is 2.88. The van der Waals surface area contributed by atoms with Gasteiger partial charge in [-0.05, 0) is 52.0 Å². The molecule has 2 heterocycles. The number of aryl methyl sites for hydroxylation is 2. The highest BCUT2D eigenvalue weighted by Crippen LogP contribution is 2.26. The summed E-state index contributed by atoms with van der Waals surface area (Å²) in [6.45, 7) is 4.73. The molecular formula is C14H22O3. The Bertz CT molecular complexity index is 350. The number of ether oxygens (including phenoxy) is 1. The quantitative estimate of drug-likeness (QED) is 0.856. The van der Waals surface area contributed by atoms with Crippen LogP contribution < -0.4 is 0 Å². The maximum absolute atomic E-state index is 10.1. The van der Waals surface area contributed by atoms with Gasteiger partial charge in [-0.3, -0.25) is 0 Å². The molecule has 2 atom stereocenters. The molecule has 3 heteroatoms. The van der Waals surface area contributed by atoms with Crippen molar-refractivity contribution in [1.29, 1.82) is 0 Å². The van der Waals surface area contributed by atoms with Gasteiger partial charge in [-0.25, -0.2) is 0 Å². The summed E-state index contributed by atoms with van der Waals surface area (Å²) >= 11 is 0.